The maximum atomic E-state index is 12.1. The molecule has 1 fully saturated rings. The zero-order valence-electron chi connectivity index (χ0n) is 11.9. The van der Waals surface area contributed by atoms with E-state index in [0.29, 0.717) is 5.56 Å². The Bertz CT molecular complexity index is 701. The average molecular weight is 377 g/mol. The van der Waals surface area contributed by atoms with E-state index in [0.717, 1.165) is 16.7 Å². The molecule has 0 radical (unpaired) electrons. The van der Waals surface area contributed by atoms with E-state index in [4.69, 9.17) is 17.3 Å². The van der Waals surface area contributed by atoms with E-state index in [1.165, 1.54) is 30.3 Å². The highest BCUT2D eigenvalue weighted by Crippen LogP contribution is 2.32. The number of carbonyl (C=O) groups is 2. The minimum atomic E-state index is -4.42. The summed E-state index contributed by atoms with van der Waals surface area (Å²) >= 11 is 5.92. The van der Waals surface area contributed by atoms with Crippen LogP contribution >= 0.6 is 24.0 Å². The van der Waals surface area contributed by atoms with Crippen molar-refractivity contribution in [1.82, 2.24) is 4.90 Å². The summed E-state index contributed by atoms with van der Waals surface area (Å²) in [6.07, 6.45) is -2.94. The quantitative estimate of drug-likeness (QED) is 0.629. The molecule has 5 nitrogen and oxygen atoms in total. The van der Waals surface area contributed by atoms with E-state index in [9.17, 15) is 22.8 Å². The van der Waals surface area contributed by atoms with Gasteiger partial charge in [0, 0.05) is 0 Å². The molecule has 1 saturated heterocycles. The summed E-state index contributed by atoms with van der Waals surface area (Å²) in [5.74, 6) is -1.66. The number of carbonyl (C=O) groups excluding carboxylic acids is 1. The van der Waals surface area contributed by atoms with E-state index in [2.05, 4.69) is 4.74 Å². The van der Waals surface area contributed by atoms with Gasteiger partial charge in [-0.3, -0.25) is 14.5 Å². The van der Waals surface area contributed by atoms with Crippen molar-refractivity contribution in [3.63, 3.8) is 0 Å². The van der Waals surface area contributed by atoms with Gasteiger partial charge in [0.05, 0.1) is 4.91 Å². The first-order valence-corrected chi connectivity index (χ1v) is 7.65. The summed E-state index contributed by atoms with van der Waals surface area (Å²) in [5.41, 5.74) is 0.546. The number of nitrogens with zero attached hydrogens (tertiary/aromatic N) is 1. The number of thioether (sulfide) groups is 1. The molecule has 0 aliphatic carbocycles. The lowest BCUT2D eigenvalue weighted by Gasteiger charge is -2.10. The summed E-state index contributed by atoms with van der Waals surface area (Å²) in [5, 5.41) is 8.75. The Labute approximate surface area is 144 Å². The minimum absolute atomic E-state index is 0.0444. The molecule has 1 aliphatic heterocycles. The molecule has 1 heterocycles. The number of carboxylic acids is 1. The summed E-state index contributed by atoms with van der Waals surface area (Å²) in [6.45, 7) is -1.91. The number of carboxylic acid groups (broad SMARTS) is 1. The second-order valence-electron chi connectivity index (χ2n) is 4.63. The van der Waals surface area contributed by atoms with Gasteiger partial charge in [-0.15, -0.1) is 0 Å². The maximum Gasteiger partial charge on any atom is 0.422 e. The van der Waals surface area contributed by atoms with Crippen molar-refractivity contribution in [2.24, 2.45) is 0 Å². The van der Waals surface area contributed by atoms with E-state index >= 15 is 0 Å². The predicted octanol–water partition coefficient (Wildman–Crippen LogP) is 2.91. The van der Waals surface area contributed by atoms with Gasteiger partial charge in [0.15, 0.2) is 6.61 Å². The number of halogens is 3. The van der Waals surface area contributed by atoms with Gasteiger partial charge in [0.1, 0.15) is 16.6 Å². The van der Waals surface area contributed by atoms with Gasteiger partial charge in [-0.05, 0) is 23.8 Å². The van der Waals surface area contributed by atoms with E-state index in [1.807, 2.05) is 0 Å². The highest BCUT2D eigenvalue weighted by molar-refractivity contribution is 8.26. The molecule has 0 atom stereocenters. The number of hydrogen-bond donors (Lipinski definition) is 1. The topological polar surface area (TPSA) is 66.8 Å². The van der Waals surface area contributed by atoms with Gasteiger partial charge in [0.25, 0.3) is 5.91 Å². The molecule has 10 heteroatoms. The fourth-order valence-electron chi connectivity index (χ4n) is 1.75. The molecular formula is C14H10F3NO4S2. The molecule has 1 N–H and O–H groups in total. The Morgan fingerprint density at radius 1 is 1.33 bits per heavy atom. The van der Waals surface area contributed by atoms with Crippen LogP contribution < -0.4 is 4.74 Å². The van der Waals surface area contributed by atoms with Gasteiger partial charge in [-0.2, -0.15) is 13.2 Å². The van der Waals surface area contributed by atoms with Gasteiger partial charge < -0.3 is 9.84 Å². The number of ether oxygens (including phenoxy) is 1. The van der Waals surface area contributed by atoms with Crippen molar-refractivity contribution in [2.45, 2.75) is 6.18 Å². The third kappa shape index (κ3) is 4.96. The second kappa shape index (κ2) is 7.22. The van der Waals surface area contributed by atoms with Crippen molar-refractivity contribution in [2.75, 3.05) is 13.2 Å². The van der Waals surface area contributed by atoms with Crippen LogP contribution in [0.5, 0.6) is 5.75 Å². The zero-order valence-corrected chi connectivity index (χ0v) is 13.5. The maximum absolute atomic E-state index is 12.1. The van der Waals surface area contributed by atoms with Crippen LogP contribution in [0.2, 0.25) is 0 Å². The third-order valence-corrected chi connectivity index (χ3v) is 4.13. The highest BCUT2D eigenvalue weighted by atomic mass is 32.2. The van der Waals surface area contributed by atoms with Crippen LogP contribution in [0.25, 0.3) is 6.08 Å². The Hall–Kier alpha value is -2.07. The molecule has 2 rings (SSSR count). The van der Waals surface area contributed by atoms with Crippen LogP contribution in [0, 0.1) is 0 Å². The molecule has 1 aliphatic rings. The van der Waals surface area contributed by atoms with E-state index < -0.39 is 31.2 Å². The Morgan fingerprint density at radius 3 is 2.50 bits per heavy atom. The van der Waals surface area contributed by atoms with Gasteiger partial charge >= 0.3 is 12.1 Å². The predicted molar refractivity (Wildman–Crippen MR) is 85.5 cm³/mol. The molecule has 0 unspecified atom stereocenters. The van der Waals surface area contributed by atoms with Gasteiger partial charge in [-0.1, -0.05) is 36.1 Å². The lowest BCUT2D eigenvalue weighted by atomic mass is 10.2. The third-order valence-electron chi connectivity index (χ3n) is 2.75. The van der Waals surface area contributed by atoms with Crippen molar-refractivity contribution in [3.05, 3.63) is 34.7 Å². The zero-order chi connectivity index (χ0) is 17.9. The van der Waals surface area contributed by atoms with Crippen LogP contribution in [-0.4, -0.2) is 45.5 Å². The van der Waals surface area contributed by atoms with E-state index in [1.54, 1.807) is 0 Å². The highest BCUT2D eigenvalue weighted by Gasteiger charge is 2.33. The van der Waals surface area contributed by atoms with E-state index in [-0.39, 0.29) is 15.0 Å². The summed E-state index contributed by atoms with van der Waals surface area (Å²) in [7, 11) is 0. The number of benzene rings is 1. The van der Waals surface area contributed by atoms with Crippen LogP contribution in [0.4, 0.5) is 13.2 Å². The van der Waals surface area contributed by atoms with Crippen molar-refractivity contribution in [3.8, 4) is 5.75 Å². The lowest BCUT2D eigenvalue weighted by molar-refractivity contribution is -0.153. The molecule has 0 aromatic heterocycles. The second-order valence-corrected chi connectivity index (χ2v) is 6.31. The number of thiocarbonyl (C=S) groups is 1. The average Bonchev–Trinajstić information content (AvgIpc) is 2.73. The van der Waals surface area contributed by atoms with Crippen LogP contribution in [0.1, 0.15) is 5.56 Å². The normalized spacial score (nSPS) is 16.8. The molecule has 1 aromatic rings. The number of hydrogen-bond acceptors (Lipinski definition) is 5. The largest absolute Gasteiger partial charge is 0.484 e. The first-order chi connectivity index (χ1) is 11.2. The first-order valence-electron chi connectivity index (χ1n) is 6.42. The smallest absolute Gasteiger partial charge is 0.422 e. The number of aliphatic carboxylic acids is 1. The minimum Gasteiger partial charge on any atom is -0.484 e. The molecule has 128 valence electrons. The molecule has 0 bridgehead atoms. The van der Waals surface area contributed by atoms with Crippen molar-refractivity contribution >= 4 is 46.3 Å². The number of rotatable bonds is 5. The molecule has 0 saturated carbocycles. The number of amides is 1. The number of alkyl halides is 3. The van der Waals surface area contributed by atoms with Crippen LogP contribution in [0.15, 0.2) is 29.2 Å². The van der Waals surface area contributed by atoms with Crippen molar-refractivity contribution < 1.29 is 32.6 Å². The van der Waals surface area contributed by atoms with Crippen LogP contribution in [0.3, 0.4) is 0 Å². The first kappa shape index (κ1) is 18.3. The molecule has 24 heavy (non-hydrogen) atoms. The van der Waals surface area contributed by atoms with Crippen molar-refractivity contribution in [1.29, 1.82) is 0 Å². The Balaban J connectivity index is 2.07. The fraction of sp³-hybridized carbons (Fsp3) is 0.214. The van der Waals surface area contributed by atoms with Crippen LogP contribution in [-0.2, 0) is 9.59 Å². The Morgan fingerprint density at radius 2 is 1.96 bits per heavy atom. The SMILES string of the molecule is O=C(O)CN1C(=O)C(=Cc2ccc(OCC(F)(F)F)cc2)SC1=S. The Kier molecular flexibility index (Phi) is 5.50. The van der Waals surface area contributed by atoms with Gasteiger partial charge in [-0.25, -0.2) is 0 Å². The molecule has 0 spiro atoms. The summed E-state index contributed by atoms with van der Waals surface area (Å²) in [6, 6.07) is 5.65. The lowest BCUT2D eigenvalue weighted by Crippen LogP contribution is -2.33. The molecule has 1 aromatic carbocycles. The molecular weight excluding hydrogens is 367 g/mol. The summed E-state index contributed by atoms with van der Waals surface area (Å²) in [4.78, 5) is 24.0. The fourth-order valence-corrected chi connectivity index (χ4v) is 3.00. The molecule has 1 amide bonds. The summed E-state index contributed by atoms with van der Waals surface area (Å²) < 4.78 is 40.9. The standard InChI is InChI=1S/C14H10F3NO4S2/c15-14(16,17)7-22-9-3-1-8(2-4-9)5-10-12(21)18(6-11(19)20)13(23)24-10/h1-5H,6-7H2,(H,19,20). The van der Waals surface area contributed by atoms with Gasteiger partial charge in [0.2, 0.25) is 0 Å². The monoisotopic (exact) mass is 377 g/mol.